The Morgan fingerprint density at radius 1 is 1.35 bits per heavy atom. The van der Waals surface area contributed by atoms with Crippen LogP contribution in [0, 0.1) is 0 Å². The summed E-state index contributed by atoms with van der Waals surface area (Å²) in [6.45, 7) is 4.76. The summed E-state index contributed by atoms with van der Waals surface area (Å²) in [6, 6.07) is 7.58. The van der Waals surface area contributed by atoms with Crippen LogP contribution in [0.1, 0.15) is 30.8 Å². The molecule has 0 aliphatic carbocycles. The molecule has 6 nitrogen and oxygen atoms in total. The molecule has 0 saturated heterocycles. The number of aryl methyl sites for hydroxylation is 2. The Morgan fingerprint density at radius 3 is 2.78 bits per heavy atom. The molecule has 1 aromatic carbocycles. The summed E-state index contributed by atoms with van der Waals surface area (Å²) in [4.78, 5) is 4.46. The number of anilines is 1. The highest BCUT2D eigenvalue weighted by Crippen LogP contribution is 2.18. The van der Waals surface area contributed by atoms with E-state index in [1.807, 2.05) is 36.0 Å². The van der Waals surface area contributed by atoms with Gasteiger partial charge in [-0.25, -0.2) is 4.99 Å². The molecule has 0 unspecified atom stereocenters. The quantitative estimate of drug-likeness (QED) is 0.634. The van der Waals surface area contributed by atoms with Crippen molar-refractivity contribution in [3.63, 3.8) is 0 Å². The number of methoxy groups -OCH3 is 1. The van der Waals surface area contributed by atoms with E-state index in [1.165, 1.54) is 11.3 Å². The molecular formula is C17H25N5O. The average Bonchev–Trinajstić information content (AvgIpc) is 2.87. The zero-order valence-electron chi connectivity index (χ0n) is 14.3. The number of hydrogen-bond acceptors (Lipinski definition) is 3. The lowest BCUT2D eigenvalue weighted by atomic mass is 10.1. The Morgan fingerprint density at radius 2 is 2.13 bits per heavy atom. The zero-order valence-corrected chi connectivity index (χ0v) is 14.3. The van der Waals surface area contributed by atoms with Gasteiger partial charge in [-0.15, -0.1) is 0 Å². The van der Waals surface area contributed by atoms with E-state index in [1.54, 1.807) is 7.11 Å². The number of guanidine groups is 1. The van der Waals surface area contributed by atoms with Gasteiger partial charge in [0.1, 0.15) is 5.75 Å². The molecular weight excluding hydrogens is 290 g/mol. The number of aliphatic imine (C=N–C) groups is 1. The monoisotopic (exact) mass is 315 g/mol. The molecule has 1 heterocycles. The van der Waals surface area contributed by atoms with Crippen molar-refractivity contribution in [1.82, 2.24) is 9.78 Å². The summed E-state index contributed by atoms with van der Waals surface area (Å²) in [5.41, 5.74) is 10.3. The summed E-state index contributed by atoms with van der Waals surface area (Å²) in [5, 5.41) is 7.64. The molecule has 1 aromatic heterocycles. The van der Waals surface area contributed by atoms with Crippen LogP contribution in [0.5, 0.6) is 5.75 Å². The Balaban J connectivity index is 2.13. The molecule has 2 rings (SSSR count). The predicted octanol–water partition coefficient (Wildman–Crippen LogP) is 2.48. The molecule has 0 radical (unpaired) electrons. The van der Waals surface area contributed by atoms with E-state index in [0.29, 0.717) is 12.5 Å². The minimum atomic E-state index is 0.381. The molecule has 0 atom stereocenters. The molecule has 3 N–H and O–H groups in total. The van der Waals surface area contributed by atoms with Gasteiger partial charge in [0.25, 0.3) is 0 Å². The summed E-state index contributed by atoms with van der Waals surface area (Å²) in [7, 11) is 3.61. The molecule has 0 aliphatic heterocycles. The van der Waals surface area contributed by atoms with E-state index in [-0.39, 0.29) is 0 Å². The van der Waals surface area contributed by atoms with Crippen molar-refractivity contribution < 1.29 is 4.74 Å². The third-order valence-corrected chi connectivity index (χ3v) is 3.78. The highest BCUT2D eigenvalue weighted by molar-refractivity contribution is 5.92. The van der Waals surface area contributed by atoms with Crippen LogP contribution in [0.25, 0.3) is 0 Å². The van der Waals surface area contributed by atoms with Crippen molar-refractivity contribution in [3.8, 4) is 5.75 Å². The summed E-state index contributed by atoms with van der Waals surface area (Å²) < 4.78 is 7.14. The third-order valence-electron chi connectivity index (χ3n) is 3.78. The molecule has 0 spiro atoms. The first-order valence-corrected chi connectivity index (χ1v) is 7.83. The molecule has 0 amide bonds. The zero-order chi connectivity index (χ0) is 16.8. The van der Waals surface area contributed by atoms with Gasteiger partial charge in [0.2, 0.25) is 0 Å². The largest absolute Gasteiger partial charge is 0.497 e. The number of ether oxygens (including phenoxy) is 1. The fourth-order valence-electron chi connectivity index (χ4n) is 2.62. The van der Waals surface area contributed by atoms with Gasteiger partial charge in [0, 0.05) is 30.1 Å². The van der Waals surface area contributed by atoms with Crippen molar-refractivity contribution in [2.24, 2.45) is 17.8 Å². The second kappa shape index (κ2) is 7.67. The second-order valence-electron chi connectivity index (χ2n) is 5.26. The smallest absolute Gasteiger partial charge is 0.193 e. The lowest BCUT2D eigenvalue weighted by molar-refractivity contribution is 0.415. The maximum Gasteiger partial charge on any atom is 0.193 e. The van der Waals surface area contributed by atoms with Gasteiger partial charge in [-0.1, -0.05) is 19.9 Å². The first-order chi connectivity index (χ1) is 11.1. The van der Waals surface area contributed by atoms with Crippen molar-refractivity contribution in [3.05, 3.63) is 41.2 Å². The van der Waals surface area contributed by atoms with Gasteiger partial charge in [-0.05, 0) is 25.0 Å². The van der Waals surface area contributed by atoms with E-state index in [2.05, 4.69) is 29.3 Å². The Bertz CT molecular complexity index is 690. The van der Waals surface area contributed by atoms with Gasteiger partial charge in [0.05, 0.1) is 19.3 Å². The number of nitrogens with two attached hydrogens (primary N) is 1. The lowest BCUT2D eigenvalue weighted by Gasteiger charge is -2.08. The van der Waals surface area contributed by atoms with E-state index in [0.717, 1.165) is 30.0 Å². The lowest BCUT2D eigenvalue weighted by Crippen LogP contribution is -2.22. The van der Waals surface area contributed by atoms with Crippen LogP contribution in [-0.2, 0) is 26.4 Å². The molecule has 124 valence electrons. The normalized spacial score (nSPS) is 11.6. The fraction of sp³-hybridized carbons (Fsp3) is 0.412. The average molecular weight is 315 g/mol. The highest BCUT2D eigenvalue weighted by Gasteiger charge is 2.13. The van der Waals surface area contributed by atoms with Gasteiger partial charge >= 0.3 is 0 Å². The SMILES string of the molecule is CCc1nn(C)c(CC)c1CN=C(N)Nc1cccc(OC)c1. The first-order valence-electron chi connectivity index (χ1n) is 7.83. The number of nitrogens with zero attached hydrogens (tertiary/aromatic N) is 3. The van der Waals surface area contributed by atoms with Crippen LogP contribution in [0.4, 0.5) is 5.69 Å². The van der Waals surface area contributed by atoms with Gasteiger partial charge in [-0.2, -0.15) is 5.10 Å². The van der Waals surface area contributed by atoms with E-state index >= 15 is 0 Å². The highest BCUT2D eigenvalue weighted by atomic mass is 16.5. The van der Waals surface area contributed by atoms with Crippen molar-refractivity contribution in [2.75, 3.05) is 12.4 Å². The van der Waals surface area contributed by atoms with E-state index < -0.39 is 0 Å². The molecule has 0 aliphatic rings. The van der Waals surface area contributed by atoms with Crippen LogP contribution < -0.4 is 15.8 Å². The van der Waals surface area contributed by atoms with Crippen LogP contribution in [0.15, 0.2) is 29.3 Å². The van der Waals surface area contributed by atoms with Crippen molar-refractivity contribution >= 4 is 11.6 Å². The minimum absolute atomic E-state index is 0.381. The molecule has 0 saturated carbocycles. The fourth-order valence-corrected chi connectivity index (χ4v) is 2.62. The molecule has 0 fully saturated rings. The minimum Gasteiger partial charge on any atom is -0.497 e. The standard InChI is InChI=1S/C17H25N5O/c1-5-15-14(16(6-2)22(3)21-15)11-19-17(18)20-12-8-7-9-13(10-12)23-4/h7-10H,5-6,11H2,1-4H3,(H3,18,19,20). The number of nitrogens with one attached hydrogen (secondary N) is 1. The predicted molar refractivity (Wildman–Crippen MR) is 93.9 cm³/mol. The molecule has 2 aromatic rings. The second-order valence-corrected chi connectivity index (χ2v) is 5.26. The van der Waals surface area contributed by atoms with E-state index in [9.17, 15) is 0 Å². The summed E-state index contributed by atoms with van der Waals surface area (Å²) in [5.74, 6) is 1.16. The van der Waals surface area contributed by atoms with E-state index in [4.69, 9.17) is 10.5 Å². The Hall–Kier alpha value is -2.50. The number of rotatable bonds is 6. The Kier molecular flexibility index (Phi) is 5.62. The summed E-state index contributed by atoms with van der Waals surface area (Å²) in [6.07, 6.45) is 1.82. The molecule has 0 bridgehead atoms. The first kappa shape index (κ1) is 16.9. The summed E-state index contributed by atoms with van der Waals surface area (Å²) >= 11 is 0. The Labute approximate surface area is 137 Å². The number of aromatic nitrogens is 2. The molecule has 23 heavy (non-hydrogen) atoms. The van der Waals surface area contributed by atoms with Crippen LogP contribution in [0.3, 0.4) is 0 Å². The van der Waals surface area contributed by atoms with Gasteiger partial charge < -0.3 is 15.8 Å². The van der Waals surface area contributed by atoms with Crippen LogP contribution >= 0.6 is 0 Å². The van der Waals surface area contributed by atoms with Crippen LogP contribution in [0.2, 0.25) is 0 Å². The van der Waals surface area contributed by atoms with Crippen molar-refractivity contribution in [1.29, 1.82) is 0 Å². The third kappa shape index (κ3) is 4.03. The topological polar surface area (TPSA) is 77.5 Å². The van der Waals surface area contributed by atoms with Crippen LogP contribution in [-0.4, -0.2) is 22.8 Å². The van der Waals surface area contributed by atoms with Gasteiger partial charge in [0.15, 0.2) is 5.96 Å². The maximum atomic E-state index is 6.01. The van der Waals surface area contributed by atoms with Crippen molar-refractivity contribution in [2.45, 2.75) is 33.2 Å². The number of benzene rings is 1. The van der Waals surface area contributed by atoms with Gasteiger partial charge in [-0.3, -0.25) is 4.68 Å². The molecule has 6 heteroatoms. The maximum absolute atomic E-state index is 6.01. The number of hydrogen-bond donors (Lipinski definition) is 2.